The fraction of sp³-hybridized carbons (Fsp3) is 0.438. The number of benzene rings is 1. The van der Waals surface area contributed by atoms with Crippen LogP contribution >= 0.6 is 11.6 Å². The molecule has 3 rings (SSSR count). The van der Waals surface area contributed by atoms with Gasteiger partial charge < -0.3 is 10.1 Å². The summed E-state index contributed by atoms with van der Waals surface area (Å²) in [6.45, 7) is 2.85. The van der Waals surface area contributed by atoms with Gasteiger partial charge in [-0.15, -0.1) is 0 Å². The number of rotatable bonds is 5. The summed E-state index contributed by atoms with van der Waals surface area (Å²) < 4.78 is 19.5. The average Bonchev–Trinajstić information content (AvgIpc) is 3.18. The third-order valence-electron chi connectivity index (χ3n) is 4.03. The highest BCUT2D eigenvalue weighted by atomic mass is 35.5. The molecule has 2 heterocycles. The van der Waals surface area contributed by atoms with Crippen molar-refractivity contribution in [1.82, 2.24) is 20.5 Å². The molecule has 2 N–H and O–H groups in total. The number of hydrogen-bond donors (Lipinski definition) is 2. The Hall–Kier alpha value is -1.99. The number of aromatic amines is 1. The largest absolute Gasteiger partial charge is 0.370 e. The average molecular weight is 353 g/mol. The van der Waals surface area contributed by atoms with E-state index in [1.54, 1.807) is 12.1 Å². The van der Waals surface area contributed by atoms with E-state index >= 15 is 0 Å². The van der Waals surface area contributed by atoms with Crippen LogP contribution < -0.4 is 5.32 Å². The molecule has 1 fully saturated rings. The Labute approximate surface area is 143 Å². The lowest BCUT2D eigenvalue weighted by Crippen LogP contribution is -2.32. The first-order valence-electron chi connectivity index (χ1n) is 7.74. The Balaban J connectivity index is 1.56. The number of amides is 1. The van der Waals surface area contributed by atoms with Crippen molar-refractivity contribution in [2.45, 2.75) is 25.9 Å². The first kappa shape index (κ1) is 16.9. The van der Waals surface area contributed by atoms with Crippen molar-refractivity contribution in [3.05, 3.63) is 46.3 Å². The van der Waals surface area contributed by atoms with Crippen molar-refractivity contribution < 1.29 is 13.9 Å². The molecule has 1 aromatic carbocycles. The smallest absolute Gasteiger partial charge is 0.224 e. The summed E-state index contributed by atoms with van der Waals surface area (Å²) in [5, 5.41) is 9.77. The predicted octanol–water partition coefficient (Wildman–Crippen LogP) is 2.34. The first-order chi connectivity index (χ1) is 11.5. The summed E-state index contributed by atoms with van der Waals surface area (Å²) in [5.41, 5.74) is 0.281. The maximum absolute atomic E-state index is 13.8. The summed E-state index contributed by atoms with van der Waals surface area (Å²) in [6, 6.07) is 4.64. The van der Waals surface area contributed by atoms with Crippen molar-refractivity contribution >= 4 is 17.5 Å². The van der Waals surface area contributed by atoms with E-state index in [0.29, 0.717) is 19.0 Å². The molecular formula is C16H18ClFN4O2. The summed E-state index contributed by atoms with van der Waals surface area (Å²) in [4.78, 5) is 16.4. The lowest BCUT2D eigenvalue weighted by Gasteiger charge is -2.16. The maximum atomic E-state index is 13.8. The van der Waals surface area contributed by atoms with E-state index in [9.17, 15) is 9.18 Å². The standard InChI is InChI=1S/C16H18ClFN4O2/c1-9-20-16(22-21-9)15-11(5-6-24-15)8-19-13(23)7-10-3-2-4-12(17)14(10)18/h2-4,11,15H,5-8H2,1H3,(H,19,23)(H,20,21,22)/t11-,15-/m0/s1. The fourth-order valence-corrected chi connectivity index (χ4v) is 2.98. The van der Waals surface area contributed by atoms with Crippen LogP contribution in [-0.2, 0) is 16.0 Å². The van der Waals surface area contributed by atoms with Gasteiger partial charge in [-0.05, 0) is 25.0 Å². The molecule has 24 heavy (non-hydrogen) atoms. The molecule has 2 aromatic rings. The third kappa shape index (κ3) is 3.73. The minimum atomic E-state index is -0.549. The molecule has 1 aliphatic heterocycles. The number of aromatic nitrogens is 3. The topological polar surface area (TPSA) is 79.9 Å². The van der Waals surface area contributed by atoms with Crippen molar-refractivity contribution in [3.8, 4) is 0 Å². The second-order valence-electron chi connectivity index (χ2n) is 5.81. The van der Waals surface area contributed by atoms with Gasteiger partial charge in [-0.25, -0.2) is 9.37 Å². The molecule has 6 nitrogen and oxygen atoms in total. The van der Waals surface area contributed by atoms with Crippen LogP contribution in [0.2, 0.25) is 5.02 Å². The number of hydrogen-bond acceptors (Lipinski definition) is 4. The molecule has 0 bridgehead atoms. The van der Waals surface area contributed by atoms with E-state index in [0.717, 1.165) is 12.2 Å². The second-order valence-corrected chi connectivity index (χ2v) is 6.22. The zero-order chi connectivity index (χ0) is 17.1. The van der Waals surface area contributed by atoms with Crippen LogP contribution in [0.15, 0.2) is 18.2 Å². The van der Waals surface area contributed by atoms with Gasteiger partial charge in [-0.1, -0.05) is 23.7 Å². The van der Waals surface area contributed by atoms with Gasteiger partial charge in [0.2, 0.25) is 5.91 Å². The van der Waals surface area contributed by atoms with Crippen LogP contribution in [0.3, 0.4) is 0 Å². The van der Waals surface area contributed by atoms with E-state index in [1.165, 1.54) is 6.07 Å². The van der Waals surface area contributed by atoms with E-state index < -0.39 is 5.82 Å². The van der Waals surface area contributed by atoms with Gasteiger partial charge in [0.1, 0.15) is 17.7 Å². The lowest BCUT2D eigenvalue weighted by molar-refractivity contribution is -0.120. The Bertz CT molecular complexity index is 737. The van der Waals surface area contributed by atoms with Gasteiger partial charge in [-0.3, -0.25) is 9.89 Å². The summed E-state index contributed by atoms with van der Waals surface area (Å²) in [7, 11) is 0. The van der Waals surface area contributed by atoms with Crippen LogP contribution in [0.5, 0.6) is 0 Å². The summed E-state index contributed by atoms with van der Waals surface area (Å²) in [5.74, 6) is 0.610. The van der Waals surface area contributed by atoms with E-state index in [4.69, 9.17) is 16.3 Å². The van der Waals surface area contributed by atoms with Gasteiger partial charge in [0, 0.05) is 19.1 Å². The van der Waals surface area contributed by atoms with Gasteiger partial charge >= 0.3 is 0 Å². The molecule has 0 saturated carbocycles. The van der Waals surface area contributed by atoms with Crippen LogP contribution in [0.1, 0.15) is 29.7 Å². The Morgan fingerprint density at radius 1 is 1.54 bits per heavy atom. The molecule has 0 aliphatic carbocycles. The fourth-order valence-electron chi connectivity index (χ4n) is 2.78. The molecule has 1 amide bonds. The number of aryl methyl sites for hydroxylation is 1. The second kappa shape index (κ2) is 7.27. The van der Waals surface area contributed by atoms with E-state index in [2.05, 4.69) is 20.5 Å². The monoisotopic (exact) mass is 352 g/mol. The lowest BCUT2D eigenvalue weighted by atomic mass is 10.0. The minimum Gasteiger partial charge on any atom is -0.370 e. The first-order valence-corrected chi connectivity index (χ1v) is 8.12. The highest BCUT2D eigenvalue weighted by Gasteiger charge is 2.32. The van der Waals surface area contributed by atoms with Crippen LogP contribution in [0.25, 0.3) is 0 Å². The highest BCUT2D eigenvalue weighted by Crippen LogP contribution is 2.32. The number of halogens is 2. The maximum Gasteiger partial charge on any atom is 0.224 e. The number of carbonyl (C=O) groups is 1. The number of H-pyrrole nitrogens is 1. The van der Waals surface area contributed by atoms with Crippen LogP contribution in [-0.4, -0.2) is 34.2 Å². The zero-order valence-electron chi connectivity index (χ0n) is 13.2. The van der Waals surface area contributed by atoms with Crippen molar-refractivity contribution in [1.29, 1.82) is 0 Å². The van der Waals surface area contributed by atoms with Gasteiger partial charge in [0.15, 0.2) is 5.82 Å². The Kier molecular flexibility index (Phi) is 5.11. The third-order valence-corrected chi connectivity index (χ3v) is 4.32. The quantitative estimate of drug-likeness (QED) is 0.865. The highest BCUT2D eigenvalue weighted by molar-refractivity contribution is 6.30. The molecule has 0 unspecified atom stereocenters. The Morgan fingerprint density at radius 2 is 2.38 bits per heavy atom. The molecule has 1 aromatic heterocycles. The summed E-state index contributed by atoms with van der Waals surface area (Å²) in [6.07, 6.45) is 0.521. The predicted molar refractivity (Wildman–Crippen MR) is 86.0 cm³/mol. The van der Waals surface area contributed by atoms with Crippen LogP contribution in [0, 0.1) is 18.7 Å². The molecule has 128 valence electrons. The number of nitrogens with zero attached hydrogens (tertiary/aromatic N) is 2. The molecular weight excluding hydrogens is 335 g/mol. The molecule has 1 saturated heterocycles. The van der Waals surface area contributed by atoms with Gasteiger partial charge in [-0.2, -0.15) is 5.10 Å². The van der Waals surface area contributed by atoms with Gasteiger partial charge in [0.05, 0.1) is 11.4 Å². The molecule has 0 radical (unpaired) electrons. The Morgan fingerprint density at radius 3 is 3.12 bits per heavy atom. The number of ether oxygens (including phenoxy) is 1. The van der Waals surface area contributed by atoms with Gasteiger partial charge in [0.25, 0.3) is 0 Å². The van der Waals surface area contributed by atoms with Crippen molar-refractivity contribution in [2.24, 2.45) is 5.92 Å². The molecule has 8 heteroatoms. The number of nitrogens with one attached hydrogen (secondary N) is 2. The van der Waals surface area contributed by atoms with Crippen molar-refractivity contribution in [2.75, 3.05) is 13.2 Å². The zero-order valence-corrected chi connectivity index (χ0v) is 13.9. The molecule has 2 atom stereocenters. The van der Waals surface area contributed by atoms with E-state index in [-0.39, 0.29) is 34.9 Å². The van der Waals surface area contributed by atoms with E-state index in [1.807, 2.05) is 6.92 Å². The molecule has 1 aliphatic rings. The number of carbonyl (C=O) groups excluding carboxylic acids is 1. The normalized spacial score (nSPS) is 20.3. The summed E-state index contributed by atoms with van der Waals surface area (Å²) >= 11 is 5.73. The molecule has 0 spiro atoms. The van der Waals surface area contributed by atoms with Crippen LogP contribution in [0.4, 0.5) is 4.39 Å². The SMILES string of the molecule is Cc1nc([C@H]2OCC[C@H]2CNC(=O)Cc2cccc(Cl)c2F)n[nH]1. The van der Waals surface area contributed by atoms with Crippen molar-refractivity contribution in [3.63, 3.8) is 0 Å². The minimum absolute atomic E-state index is 0.0181.